The van der Waals surface area contributed by atoms with Crippen LogP contribution in [-0.2, 0) is 0 Å². The van der Waals surface area contributed by atoms with Gasteiger partial charge in [-0.05, 0) is 11.5 Å². The molecule has 1 N–H and O–H groups in total. The quantitative estimate of drug-likeness (QED) is 0.843. The van der Waals surface area contributed by atoms with Gasteiger partial charge in [-0.15, -0.1) is 0 Å². The van der Waals surface area contributed by atoms with Gasteiger partial charge in [0.15, 0.2) is 0 Å². The van der Waals surface area contributed by atoms with Crippen LogP contribution < -0.4 is 10.1 Å². The van der Waals surface area contributed by atoms with Crippen molar-refractivity contribution in [2.24, 2.45) is 5.92 Å². The molecule has 19 heavy (non-hydrogen) atoms. The largest absolute Gasteiger partial charge is 0.493 e. The Labute approximate surface area is 117 Å². The molecule has 0 fully saturated rings. The maximum absolute atomic E-state index is 5.97. The van der Waals surface area contributed by atoms with Gasteiger partial charge in [0.25, 0.3) is 0 Å². The highest BCUT2D eigenvalue weighted by molar-refractivity contribution is 5.88. The molecule has 0 aliphatic heterocycles. The highest BCUT2D eigenvalue weighted by atomic mass is 16.5. The van der Waals surface area contributed by atoms with Crippen LogP contribution >= 0.6 is 0 Å². The normalized spacial score (nSPS) is 12.8. The van der Waals surface area contributed by atoms with Crippen LogP contribution in [0.5, 0.6) is 5.75 Å². The Morgan fingerprint density at radius 1 is 1.05 bits per heavy atom. The van der Waals surface area contributed by atoms with E-state index in [0.29, 0.717) is 12.0 Å². The highest BCUT2D eigenvalue weighted by Crippen LogP contribution is 2.25. The first kappa shape index (κ1) is 13.9. The minimum Gasteiger partial charge on any atom is -0.493 e. The Hall–Kier alpha value is -1.54. The van der Waals surface area contributed by atoms with Crippen molar-refractivity contribution in [3.05, 3.63) is 42.5 Å². The lowest BCUT2D eigenvalue weighted by molar-refractivity contribution is 0.255. The van der Waals surface area contributed by atoms with Gasteiger partial charge in [0.1, 0.15) is 5.75 Å². The number of ether oxygens (including phenoxy) is 1. The SMILES string of the molecule is CC(CNC(C)C)COc1cccc2ccccc12.[HH]. The van der Waals surface area contributed by atoms with E-state index in [0.717, 1.165) is 18.9 Å². The number of hydrogen-bond donors (Lipinski definition) is 1. The molecule has 104 valence electrons. The second-order valence-corrected chi connectivity index (χ2v) is 5.46. The molecular formula is C17H25NO. The van der Waals surface area contributed by atoms with Gasteiger partial charge in [-0.3, -0.25) is 0 Å². The molecule has 2 aromatic carbocycles. The van der Waals surface area contributed by atoms with Crippen LogP contribution in [-0.4, -0.2) is 19.2 Å². The number of fused-ring (bicyclic) bond motifs is 1. The van der Waals surface area contributed by atoms with E-state index in [1.54, 1.807) is 0 Å². The molecule has 0 spiro atoms. The first-order valence-electron chi connectivity index (χ1n) is 7.00. The molecule has 0 saturated heterocycles. The molecule has 2 aromatic rings. The molecule has 1 atom stereocenters. The van der Waals surface area contributed by atoms with E-state index >= 15 is 0 Å². The summed E-state index contributed by atoms with van der Waals surface area (Å²) >= 11 is 0. The van der Waals surface area contributed by atoms with Crippen molar-refractivity contribution in [2.75, 3.05) is 13.2 Å². The van der Waals surface area contributed by atoms with Gasteiger partial charge in [-0.2, -0.15) is 0 Å². The molecule has 1 unspecified atom stereocenters. The van der Waals surface area contributed by atoms with E-state index in [1.165, 1.54) is 10.8 Å². The number of nitrogens with one attached hydrogen (secondary N) is 1. The molecular weight excluding hydrogens is 234 g/mol. The zero-order chi connectivity index (χ0) is 13.7. The van der Waals surface area contributed by atoms with Gasteiger partial charge < -0.3 is 10.1 Å². The predicted molar refractivity (Wildman–Crippen MR) is 83.9 cm³/mol. The lowest BCUT2D eigenvalue weighted by Gasteiger charge is -2.16. The second kappa shape index (κ2) is 6.58. The summed E-state index contributed by atoms with van der Waals surface area (Å²) in [4.78, 5) is 0. The minimum absolute atomic E-state index is 0. The van der Waals surface area contributed by atoms with Crippen molar-refractivity contribution < 1.29 is 6.16 Å². The van der Waals surface area contributed by atoms with E-state index < -0.39 is 0 Å². The molecule has 2 heteroatoms. The molecule has 0 bridgehead atoms. The van der Waals surface area contributed by atoms with Crippen LogP contribution in [0, 0.1) is 5.92 Å². The van der Waals surface area contributed by atoms with E-state index in [2.05, 4.69) is 62.5 Å². The zero-order valence-electron chi connectivity index (χ0n) is 12.0. The smallest absolute Gasteiger partial charge is 0.127 e. The fraction of sp³-hybridized carbons (Fsp3) is 0.412. The Morgan fingerprint density at radius 3 is 2.58 bits per heavy atom. The van der Waals surface area contributed by atoms with E-state index in [4.69, 9.17) is 4.74 Å². The Bertz CT molecular complexity index is 522. The molecule has 0 heterocycles. The van der Waals surface area contributed by atoms with Crippen molar-refractivity contribution in [3.63, 3.8) is 0 Å². The topological polar surface area (TPSA) is 21.3 Å². The van der Waals surface area contributed by atoms with Gasteiger partial charge in [0, 0.05) is 25.3 Å². The molecule has 0 amide bonds. The van der Waals surface area contributed by atoms with Crippen LogP contribution in [0.1, 0.15) is 22.2 Å². The fourth-order valence-electron chi connectivity index (χ4n) is 2.05. The van der Waals surface area contributed by atoms with Gasteiger partial charge in [-0.25, -0.2) is 0 Å². The summed E-state index contributed by atoms with van der Waals surface area (Å²) in [5, 5.41) is 5.86. The molecule has 2 nitrogen and oxygen atoms in total. The Kier molecular flexibility index (Phi) is 4.80. The summed E-state index contributed by atoms with van der Waals surface area (Å²) in [6, 6.07) is 15.1. The van der Waals surface area contributed by atoms with Crippen LogP contribution in [0.25, 0.3) is 10.8 Å². The Balaban J connectivity index is 0.00000200. The summed E-state index contributed by atoms with van der Waals surface area (Å²) in [7, 11) is 0. The molecule has 2 rings (SSSR count). The maximum Gasteiger partial charge on any atom is 0.127 e. The monoisotopic (exact) mass is 259 g/mol. The third-order valence-electron chi connectivity index (χ3n) is 3.15. The predicted octanol–water partition coefficient (Wildman–Crippen LogP) is 4.10. The number of rotatable bonds is 6. The highest BCUT2D eigenvalue weighted by Gasteiger charge is 2.06. The third kappa shape index (κ3) is 3.97. The maximum atomic E-state index is 5.97. The molecule has 0 aliphatic carbocycles. The van der Waals surface area contributed by atoms with Crippen molar-refractivity contribution >= 4 is 10.8 Å². The average molecular weight is 259 g/mol. The summed E-state index contributed by atoms with van der Waals surface area (Å²) in [5.74, 6) is 1.48. The second-order valence-electron chi connectivity index (χ2n) is 5.46. The number of hydrogen-bond acceptors (Lipinski definition) is 2. The van der Waals surface area contributed by atoms with Crippen LogP contribution in [0.2, 0.25) is 0 Å². The van der Waals surface area contributed by atoms with E-state index in [9.17, 15) is 0 Å². The third-order valence-corrected chi connectivity index (χ3v) is 3.15. The van der Waals surface area contributed by atoms with Gasteiger partial charge in [0.05, 0.1) is 6.61 Å². The average Bonchev–Trinajstić information content (AvgIpc) is 2.42. The first-order valence-corrected chi connectivity index (χ1v) is 7.00. The van der Waals surface area contributed by atoms with Crippen molar-refractivity contribution in [1.82, 2.24) is 5.32 Å². The first-order chi connectivity index (χ1) is 9.16. The summed E-state index contributed by atoms with van der Waals surface area (Å²) < 4.78 is 5.97. The van der Waals surface area contributed by atoms with Gasteiger partial charge in [-0.1, -0.05) is 57.2 Å². The zero-order valence-corrected chi connectivity index (χ0v) is 12.0. The Morgan fingerprint density at radius 2 is 1.79 bits per heavy atom. The van der Waals surface area contributed by atoms with E-state index in [-0.39, 0.29) is 1.43 Å². The molecule has 0 aromatic heterocycles. The summed E-state index contributed by atoms with van der Waals surface area (Å²) in [5.41, 5.74) is 0. The minimum atomic E-state index is 0. The fourth-order valence-corrected chi connectivity index (χ4v) is 2.05. The summed E-state index contributed by atoms with van der Waals surface area (Å²) in [6.07, 6.45) is 0. The van der Waals surface area contributed by atoms with Crippen LogP contribution in [0.15, 0.2) is 42.5 Å². The lowest BCUT2D eigenvalue weighted by atomic mass is 10.1. The number of benzene rings is 2. The molecule has 0 aliphatic rings. The van der Waals surface area contributed by atoms with Crippen LogP contribution in [0.4, 0.5) is 0 Å². The van der Waals surface area contributed by atoms with Crippen molar-refractivity contribution in [1.29, 1.82) is 0 Å². The molecule has 0 saturated carbocycles. The van der Waals surface area contributed by atoms with Gasteiger partial charge in [0.2, 0.25) is 0 Å². The standard InChI is InChI=1S/C17H23NO.H2/c1-13(2)18-11-14(3)12-19-17-10-6-8-15-7-4-5-9-16(15)17;/h4-10,13-14,18H,11-12H2,1-3H3;1H. The van der Waals surface area contributed by atoms with Crippen molar-refractivity contribution in [3.8, 4) is 5.75 Å². The van der Waals surface area contributed by atoms with Gasteiger partial charge >= 0.3 is 0 Å². The van der Waals surface area contributed by atoms with Crippen molar-refractivity contribution in [2.45, 2.75) is 26.8 Å². The lowest BCUT2D eigenvalue weighted by Crippen LogP contribution is -2.30. The summed E-state index contributed by atoms with van der Waals surface area (Å²) in [6.45, 7) is 8.27. The molecule has 0 radical (unpaired) electrons. The van der Waals surface area contributed by atoms with Crippen LogP contribution in [0.3, 0.4) is 0 Å². The van der Waals surface area contributed by atoms with E-state index in [1.807, 2.05) is 6.07 Å².